The van der Waals surface area contributed by atoms with Crippen LogP contribution in [0.3, 0.4) is 0 Å². The second-order valence-corrected chi connectivity index (χ2v) is 5.62. The lowest BCUT2D eigenvalue weighted by molar-refractivity contribution is -0.134. The summed E-state index contributed by atoms with van der Waals surface area (Å²) in [7, 11) is 3.65. The Morgan fingerprint density at radius 3 is 2.16 bits per heavy atom. The molecule has 0 aromatic rings. The lowest BCUT2D eigenvalue weighted by Crippen LogP contribution is -2.55. The van der Waals surface area contributed by atoms with Crippen LogP contribution < -0.4 is 5.73 Å². The summed E-state index contributed by atoms with van der Waals surface area (Å²) in [4.78, 5) is 18.5. The van der Waals surface area contributed by atoms with Crippen molar-refractivity contribution >= 4 is 5.91 Å². The summed E-state index contributed by atoms with van der Waals surface area (Å²) in [6.07, 6.45) is 2.23. The average Bonchev–Trinajstić information content (AvgIpc) is 2.43. The first-order valence-electron chi connectivity index (χ1n) is 7.40. The molecule has 1 heterocycles. The molecule has 1 fully saturated rings. The van der Waals surface area contributed by atoms with Gasteiger partial charge in [0.15, 0.2) is 0 Å². The largest absolute Gasteiger partial charge is 0.347 e. The Kier molecular flexibility index (Phi) is 6.75. The van der Waals surface area contributed by atoms with E-state index in [1.54, 1.807) is 4.90 Å². The van der Waals surface area contributed by atoms with Gasteiger partial charge in [0.2, 0.25) is 5.91 Å². The first-order chi connectivity index (χ1) is 9.01. The number of amides is 1. The third-order valence-electron chi connectivity index (χ3n) is 4.18. The predicted octanol–water partition coefficient (Wildman–Crippen LogP) is 0.208. The quantitative estimate of drug-likeness (QED) is 0.749. The second-order valence-electron chi connectivity index (χ2n) is 5.62. The lowest BCUT2D eigenvalue weighted by atomic mass is 10.1. The van der Waals surface area contributed by atoms with E-state index in [1.807, 2.05) is 21.0 Å². The fourth-order valence-electron chi connectivity index (χ4n) is 2.86. The summed E-state index contributed by atoms with van der Waals surface area (Å²) in [5.41, 5.74) is 5.67. The predicted molar refractivity (Wildman–Crippen MR) is 79.1 cm³/mol. The Bertz CT molecular complexity index is 275. The van der Waals surface area contributed by atoms with Crippen LogP contribution in [0, 0.1) is 0 Å². The van der Waals surface area contributed by atoms with Gasteiger partial charge in [-0.25, -0.2) is 0 Å². The smallest absolute Gasteiger partial charge is 0.239 e. The highest BCUT2D eigenvalue weighted by molar-refractivity contribution is 5.80. The molecular formula is C14H30N4O. The van der Waals surface area contributed by atoms with Crippen LogP contribution >= 0.6 is 0 Å². The molecular weight excluding hydrogens is 240 g/mol. The van der Waals surface area contributed by atoms with Gasteiger partial charge in [0.05, 0.1) is 6.04 Å². The minimum Gasteiger partial charge on any atom is -0.347 e. The van der Waals surface area contributed by atoms with Gasteiger partial charge in [0.1, 0.15) is 0 Å². The van der Waals surface area contributed by atoms with Crippen molar-refractivity contribution in [2.75, 3.05) is 46.8 Å². The molecule has 2 N–H and O–H groups in total. The molecule has 0 aliphatic carbocycles. The number of hydrogen-bond donors (Lipinski definition) is 1. The van der Waals surface area contributed by atoms with E-state index >= 15 is 0 Å². The van der Waals surface area contributed by atoms with E-state index in [2.05, 4.69) is 16.7 Å². The monoisotopic (exact) mass is 270 g/mol. The van der Waals surface area contributed by atoms with Crippen LogP contribution in [0.1, 0.15) is 26.7 Å². The summed E-state index contributed by atoms with van der Waals surface area (Å²) in [6, 6.07) is 0.596. The normalized spacial score (nSPS) is 21.1. The van der Waals surface area contributed by atoms with Gasteiger partial charge >= 0.3 is 0 Å². The van der Waals surface area contributed by atoms with Gasteiger partial charge in [0, 0.05) is 46.3 Å². The summed E-state index contributed by atoms with van der Waals surface area (Å²) in [5, 5.41) is 0. The summed E-state index contributed by atoms with van der Waals surface area (Å²) in [6.45, 7) is 9.03. The van der Waals surface area contributed by atoms with E-state index in [1.165, 1.54) is 0 Å². The maximum absolute atomic E-state index is 12.0. The van der Waals surface area contributed by atoms with Crippen molar-refractivity contribution in [3.05, 3.63) is 0 Å². The molecule has 0 saturated carbocycles. The Hall–Kier alpha value is -0.650. The maximum Gasteiger partial charge on any atom is 0.239 e. The third kappa shape index (κ3) is 4.44. The highest BCUT2D eigenvalue weighted by Crippen LogP contribution is 2.14. The molecule has 1 rings (SSSR count). The highest BCUT2D eigenvalue weighted by atomic mass is 16.2. The molecule has 1 saturated heterocycles. The van der Waals surface area contributed by atoms with Gasteiger partial charge in [0.25, 0.3) is 0 Å². The second kappa shape index (κ2) is 7.82. The van der Waals surface area contributed by atoms with Crippen molar-refractivity contribution in [2.45, 2.75) is 38.8 Å². The molecule has 0 bridgehead atoms. The molecule has 112 valence electrons. The van der Waals surface area contributed by atoms with E-state index in [0.717, 1.165) is 45.6 Å². The van der Waals surface area contributed by atoms with E-state index in [0.29, 0.717) is 6.04 Å². The maximum atomic E-state index is 12.0. The number of nitrogens with zero attached hydrogens (tertiary/aromatic N) is 3. The fourth-order valence-corrected chi connectivity index (χ4v) is 2.86. The van der Waals surface area contributed by atoms with Crippen molar-refractivity contribution in [3.63, 3.8) is 0 Å². The fraction of sp³-hybridized carbons (Fsp3) is 0.929. The number of likely N-dealkylation sites (N-methyl/N-ethyl adjacent to an activating group) is 1. The first-order valence-corrected chi connectivity index (χ1v) is 7.40. The molecule has 2 unspecified atom stereocenters. The molecule has 0 aromatic carbocycles. The molecule has 0 spiro atoms. The molecule has 1 amide bonds. The first kappa shape index (κ1) is 16.4. The minimum absolute atomic E-state index is 0.00765. The molecule has 5 heteroatoms. The van der Waals surface area contributed by atoms with E-state index < -0.39 is 0 Å². The standard InChI is InChI=1S/C14H30N4O/c1-5-13(6-7-15)18-10-8-17(9-11-18)12(2)14(19)16(3)4/h12-13H,5-11,15H2,1-4H3. The Morgan fingerprint density at radius 1 is 1.21 bits per heavy atom. The molecule has 5 nitrogen and oxygen atoms in total. The molecule has 1 aliphatic heterocycles. The van der Waals surface area contributed by atoms with Gasteiger partial charge in [-0.15, -0.1) is 0 Å². The van der Waals surface area contributed by atoms with Gasteiger partial charge in [-0.3, -0.25) is 14.6 Å². The van der Waals surface area contributed by atoms with E-state index in [-0.39, 0.29) is 11.9 Å². The van der Waals surface area contributed by atoms with Crippen molar-refractivity contribution < 1.29 is 4.79 Å². The van der Waals surface area contributed by atoms with Gasteiger partial charge in [-0.05, 0) is 26.3 Å². The number of carbonyl (C=O) groups excluding carboxylic acids is 1. The van der Waals surface area contributed by atoms with Gasteiger partial charge in [-0.1, -0.05) is 6.92 Å². The van der Waals surface area contributed by atoms with Crippen LogP contribution in [0.15, 0.2) is 0 Å². The van der Waals surface area contributed by atoms with Crippen molar-refractivity contribution in [2.24, 2.45) is 5.73 Å². The number of carbonyl (C=O) groups is 1. The van der Waals surface area contributed by atoms with Gasteiger partial charge in [-0.2, -0.15) is 0 Å². The summed E-state index contributed by atoms with van der Waals surface area (Å²) >= 11 is 0. The topological polar surface area (TPSA) is 52.8 Å². The minimum atomic E-state index is -0.00765. The Morgan fingerprint density at radius 2 is 1.74 bits per heavy atom. The van der Waals surface area contributed by atoms with Crippen LogP contribution in [0.5, 0.6) is 0 Å². The summed E-state index contributed by atoms with van der Waals surface area (Å²) < 4.78 is 0. The van der Waals surface area contributed by atoms with Crippen LogP contribution in [0.25, 0.3) is 0 Å². The molecule has 2 atom stereocenters. The highest BCUT2D eigenvalue weighted by Gasteiger charge is 2.28. The van der Waals surface area contributed by atoms with Crippen molar-refractivity contribution in [3.8, 4) is 0 Å². The number of nitrogens with two attached hydrogens (primary N) is 1. The molecule has 19 heavy (non-hydrogen) atoms. The number of hydrogen-bond acceptors (Lipinski definition) is 4. The molecule has 0 radical (unpaired) electrons. The number of piperazine rings is 1. The van der Waals surface area contributed by atoms with Crippen LogP contribution in [-0.2, 0) is 4.79 Å². The van der Waals surface area contributed by atoms with E-state index in [4.69, 9.17) is 5.73 Å². The van der Waals surface area contributed by atoms with E-state index in [9.17, 15) is 4.79 Å². The Labute approximate surface area is 117 Å². The zero-order valence-electron chi connectivity index (χ0n) is 12.9. The van der Waals surface area contributed by atoms with Crippen LogP contribution in [-0.4, -0.2) is 79.5 Å². The molecule has 0 aromatic heterocycles. The lowest BCUT2D eigenvalue weighted by Gasteiger charge is -2.41. The van der Waals surface area contributed by atoms with Gasteiger partial charge < -0.3 is 10.6 Å². The number of rotatable bonds is 6. The molecule has 1 aliphatic rings. The zero-order chi connectivity index (χ0) is 14.4. The van der Waals surface area contributed by atoms with Crippen LogP contribution in [0.4, 0.5) is 0 Å². The zero-order valence-corrected chi connectivity index (χ0v) is 12.9. The Balaban J connectivity index is 2.46. The van der Waals surface area contributed by atoms with Crippen molar-refractivity contribution in [1.29, 1.82) is 0 Å². The van der Waals surface area contributed by atoms with Crippen LogP contribution in [0.2, 0.25) is 0 Å². The average molecular weight is 270 g/mol. The summed E-state index contributed by atoms with van der Waals surface area (Å²) in [5.74, 6) is 0.197. The van der Waals surface area contributed by atoms with Crippen molar-refractivity contribution in [1.82, 2.24) is 14.7 Å². The SMILES string of the molecule is CCC(CCN)N1CCN(C(C)C(=O)N(C)C)CC1. The third-order valence-corrected chi connectivity index (χ3v) is 4.18.